The SMILES string of the molecule is CCCC(=O)N[C@H]1C(O)O[C@H](CO)[C@H]2OC(=O)OC12. The number of carbonyl (C=O) groups excluding carboxylic acids is 2. The number of hydrogen-bond acceptors (Lipinski definition) is 7. The van der Waals surface area contributed by atoms with E-state index in [1.807, 2.05) is 6.92 Å². The predicted octanol–water partition coefficient (Wildman–Crippen LogP) is -1.12. The van der Waals surface area contributed by atoms with Gasteiger partial charge in [-0.15, -0.1) is 0 Å². The van der Waals surface area contributed by atoms with E-state index in [0.29, 0.717) is 12.8 Å². The molecule has 2 aliphatic heterocycles. The Labute approximate surface area is 109 Å². The number of aliphatic hydroxyl groups is 2. The molecule has 0 aliphatic carbocycles. The van der Waals surface area contributed by atoms with Crippen LogP contribution in [0.4, 0.5) is 4.79 Å². The third-order valence-corrected chi connectivity index (χ3v) is 3.11. The molecule has 5 atom stereocenters. The molecule has 108 valence electrons. The van der Waals surface area contributed by atoms with Crippen molar-refractivity contribution in [2.45, 2.75) is 50.4 Å². The predicted molar refractivity (Wildman–Crippen MR) is 59.9 cm³/mol. The molecular weight excluding hydrogens is 258 g/mol. The second-order valence-corrected chi connectivity index (χ2v) is 4.51. The van der Waals surface area contributed by atoms with E-state index in [2.05, 4.69) is 5.32 Å². The number of nitrogens with one attached hydrogen (secondary N) is 1. The number of hydrogen-bond donors (Lipinski definition) is 3. The smallest absolute Gasteiger partial charge is 0.424 e. The van der Waals surface area contributed by atoms with E-state index in [0.717, 1.165) is 0 Å². The van der Waals surface area contributed by atoms with E-state index in [-0.39, 0.29) is 5.91 Å². The van der Waals surface area contributed by atoms with Crippen LogP contribution in [-0.4, -0.2) is 59.5 Å². The van der Waals surface area contributed by atoms with Crippen LogP contribution in [0.1, 0.15) is 19.8 Å². The van der Waals surface area contributed by atoms with Crippen molar-refractivity contribution in [2.75, 3.05) is 6.61 Å². The number of rotatable bonds is 4. The highest BCUT2D eigenvalue weighted by molar-refractivity contribution is 5.76. The molecule has 0 bridgehead atoms. The van der Waals surface area contributed by atoms with Crippen LogP contribution in [0.15, 0.2) is 0 Å². The molecule has 2 heterocycles. The molecule has 8 heteroatoms. The molecule has 8 nitrogen and oxygen atoms in total. The lowest BCUT2D eigenvalue weighted by molar-refractivity contribution is -0.230. The molecule has 0 aromatic heterocycles. The molecule has 1 amide bonds. The van der Waals surface area contributed by atoms with Crippen LogP contribution < -0.4 is 5.32 Å². The maximum atomic E-state index is 11.6. The molecular formula is C11H17NO7. The van der Waals surface area contributed by atoms with E-state index >= 15 is 0 Å². The number of amides is 1. The summed E-state index contributed by atoms with van der Waals surface area (Å²) < 4.78 is 14.9. The fraction of sp³-hybridized carbons (Fsp3) is 0.818. The second kappa shape index (κ2) is 5.72. The Balaban J connectivity index is 2.09. The molecule has 2 unspecified atom stereocenters. The van der Waals surface area contributed by atoms with Gasteiger partial charge in [0.05, 0.1) is 6.61 Å². The van der Waals surface area contributed by atoms with Crippen LogP contribution in [0, 0.1) is 0 Å². The lowest BCUT2D eigenvalue weighted by atomic mass is 9.97. The largest absolute Gasteiger partial charge is 0.509 e. The fourth-order valence-corrected chi connectivity index (χ4v) is 2.24. The van der Waals surface area contributed by atoms with Crippen molar-refractivity contribution in [2.24, 2.45) is 0 Å². The molecule has 0 aromatic rings. The van der Waals surface area contributed by atoms with Gasteiger partial charge in [0.2, 0.25) is 5.91 Å². The minimum absolute atomic E-state index is 0.278. The molecule has 19 heavy (non-hydrogen) atoms. The van der Waals surface area contributed by atoms with Crippen LogP contribution >= 0.6 is 0 Å². The molecule has 2 rings (SSSR count). The van der Waals surface area contributed by atoms with Gasteiger partial charge in [-0.2, -0.15) is 0 Å². The number of carbonyl (C=O) groups is 2. The third-order valence-electron chi connectivity index (χ3n) is 3.11. The van der Waals surface area contributed by atoms with Gasteiger partial charge in [-0.3, -0.25) is 4.79 Å². The monoisotopic (exact) mass is 275 g/mol. The first-order valence-electron chi connectivity index (χ1n) is 6.17. The Morgan fingerprint density at radius 2 is 2.05 bits per heavy atom. The van der Waals surface area contributed by atoms with Gasteiger partial charge in [-0.05, 0) is 6.42 Å². The zero-order valence-electron chi connectivity index (χ0n) is 10.4. The van der Waals surface area contributed by atoms with Gasteiger partial charge in [0.25, 0.3) is 0 Å². The molecule has 0 saturated carbocycles. The van der Waals surface area contributed by atoms with Crippen molar-refractivity contribution >= 4 is 12.1 Å². The summed E-state index contributed by atoms with van der Waals surface area (Å²) >= 11 is 0. The first-order chi connectivity index (χ1) is 9.06. The number of aliphatic hydroxyl groups excluding tert-OH is 2. The lowest BCUT2D eigenvalue weighted by Gasteiger charge is -2.38. The highest BCUT2D eigenvalue weighted by atomic mass is 16.8. The van der Waals surface area contributed by atoms with Crippen LogP contribution in [0.3, 0.4) is 0 Å². The van der Waals surface area contributed by atoms with E-state index < -0.39 is 43.4 Å². The number of fused-ring (bicyclic) bond motifs is 1. The second-order valence-electron chi connectivity index (χ2n) is 4.51. The van der Waals surface area contributed by atoms with Crippen molar-refractivity contribution in [3.63, 3.8) is 0 Å². The lowest BCUT2D eigenvalue weighted by Crippen LogP contribution is -2.63. The minimum Gasteiger partial charge on any atom is -0.424 e. The molecule has 0 spiro atoms. The summed E-state index contributed by atoms with van der Waals surface area (Å²) in [6, 6.07) is -0.904. The summed E-state index contributed by atoms with van der Waals surface area (Å²) in [6.45, 7) is 1.42. The van der Waals surface area contributed by atoms with Crippen LogP contribution in [0.5, 0.6) is 0 Å². The van der Waals surface area contributed by atoms with Crippen molar-refractivity contribution in [1.29, 1.82) is 0 Å². The van der Waals surface area contributed by atoms with Gasteiger partial charge >= 0.3 is 6.16 Å². The van der Waals surface area contributed by atoms with Gasteiger partial charge < -0.3 is 29.7 Å². The average molecular weight is 275 g/mol. The van der Waals surface area contributed by atoms with Gasteiger partial charge in [-0.1, -0.05) is 6.92 Å². The van der Waals surface area contributed by atoms with Crippen LogP contribution in [0.25, 0.3) is 0 Å². The maximum absolute atomic E-state index is 11.6. The van der Waals surface area contributed by atoms with E-state index in [1.54, 1.807) is 0 Å². The van der Waals surface area contributed by atoms with Gasteiger partial charge in [0.15, 0.2) is 18.5 Å². The van der Waals surface area contributed by atoms with E-state index in [9.17, 15) is 14.7 Å². The van der Waals surface area contributed by atoms with Crippen molar-refractivity contribution in [1.82, 2.24) is 5.32 Å². The van der Waals surface area contributed by atoms with Crippen molar-refractivity contribution in [3.8, 4) is 0 Å². The highest BCUT2D eigenvalue weighted by Gasteiger charge is 2.54. The molecule has 2 fully saturated rings. The zero-order valence-corrected chi connectivity index (χ0v) is 10.4. The Hall–Kier alpha value is -1.38. The Morgan fingerprint density at radius 3 is 2.68 bits per heavy atom. The van der Waals surface area contributed by atoms with E-state index in [4.69, 9.17) is 19.3 Å². The summed E-state index contributed by atoms with van der Waals surface area (Å²) in [5.74, 6) is -0.278. The Morgan fingerprint density at radius 1 is 1.37 bits per heavy atom. The first kappa shape index (κ1) is 14.0. The normalized spacial score (nSPS) is 37.2. The summed E-state index contributed by atoms with van der Waals surface area (Å²) in [4.78, 5) is 22.7. The molecule has 2 saturated heterocycles. The molecule has 0 aromatic carbocycles. The van der Waals surface area contributed by atoms with Crippen molar-refractivity contribution in [3.05, 3.63) is 0 Å². The summed E-state index contributed by atoms with van der Waals surface area (Å²) in [6.07, 6.45) is -3.90. The van der Waals surface area contributed by atoms with Gasteiger partial charge in [0, 0.05) is 6.42 Å². The highest BCUT2D eigenvalue weighted by Crippen LogP contribution is 2.30. The molecule has 2 aliphatic rings. The summed E-state index contributed by atoms with van der Waals surface area (Å²) in [7, 11) is 0. The summed E-state index contributed by atoms with van der Waals surface area (Å²) in [5, 5.41) is 21.5. The fourth-order valence-electron chi connectivity index (χ4n) is 2.24. The number of ether oxygens (including phenoxy) is 3. The van der Waals surface area contributed by atoms with Gasteiger partial charge in [-0.25, -0.2) is 4.79 Å². The quantitative estimate of drug-likeness (QED) is 0.557. The Kier molecular flexibility index (Phi) is 4.23. The summed E-state index contributed by atoms with van der Waals surface area (Å²) in [5.41, 5.74) is 0. The zero-order chi connectivity index (χ0) is 14.0. The average Bonchev–Trinajstić information content (AvgIpc) is 2.74. The Bertz CT molecular complexity index is 361. The first-order valence-corrected chi connectivity index (χ1v) is 6.17. The standard InChI is InChI=1S/C11H17NO7/c1-2-3-6(14)12-7-9-8(18-11(16)19-9)5(4-13)17-10(7)15/h5,7-10,13,15H,2-4H2,1H3,(H,12,14)/t5-,7-,8-,9?,10?/m1/s1. The molecule has 0 radical (unpaired) electrons. The third kappa shape index (κ3) is 2.80. The van der Waals surface area contributed by atoms with Gasteiger partial charge in [0.1, 0.15) is 12.1 Å². The molecule has 3 N–H and O–H groups in total. The van der Waals surface area contributed by atoms with Crippen molar-refractivity contribution < 1.29 is 34.0 Å². The van der Waals surface area contributed by atoms with Crippen LogP contribution in [0.2, 0.25) is 0 Å². The topological polar surface area (TPSA) is 114 Å². The van der Waals surface area contributed by atoms with E-state index in [1.165, 1.54) is 0 Å². The van der Waals surface area contributed by atoms with Crippen LogP contribution in [-0.2, 0) is 19.0 Å². The maximum Gasteiger partial charge on any atom is 0.509 e. The minimum atomic E-state index is -1.37.